The van der Waals surface area contributed by atoms with Gasteiger partial charge in [0.15, 0.2) is 9.84 Å². The van der Waals surface area contributed by atoms with E-state index in [-0.39, 0.29) is 10.6 Å². The topological polar surface area (TPSA) is 70.0 Å². The molecule has 0 aliphatic carbocycles. The highest BCUT2D eigenvalue weighted by molar-refractivity contribution is 7.91. The molecular formula is C15H16N2O2S2. The zero-order chi connectivity index (χ0) is 15.3. The van der Waals surface area contributed by atoms with E-state index in [1.807, 2.05) is 25.1 Å². The Balaban J connectivity index is 1.90. The van der Waals surface area contributed by atoms with Crippen molar-refractivity contribution in [1.82, 2.24) is 5.32 Å². The molecule has 0 unspecified atom stereocenters. The lowest BCUT2D eigenvalue weighted by molar-refractivity contribution is 0.591. The smallest absolute Gasteiger partial charge is 0.179 e. The summed E-state index contributed by atoms with van der Waals surface area (Å²) in [7, 11) is -3.35. The van der Waals surface area contributed by atoms with Crippen molar-refractivity contribution in [2.45, 2.75) is 18.4 Å². The Morgan fingerprint density at radius 3 is 2.76 bits per heavy atom. The summed E-state index contributed by atoms with van der Waals surface area (Å²) < 4.78 is 24.3. The molecule has 0 bridgehead atoms. The Hall–Kier alpha value is -1.68. The fourth-order valence-corrected chi connectivity index (χ4v) is 3.98. The van der Waals surface area contributed by atoms with Crippen molar-refractivity contribution in [3.8, 4) is 6.07 Å². The number of benzene rings is 1. The third-order valence-electron chi connectivity index (χ3n) is 2.97. The van der Waals surface area contributed by atoms with Crippen LogP contribution in [0.25, 0.3) is 0 Å². The quantitative estimate of drug-likeness (QED) is 0.830. The largest absolute Gasteiger partial charge is 0.311 e. The third-order valence-corrected chi connectivity index (χ3v) is 5.68. The van der Waals surface area contributed by atoms with Crippen molar-refractivity contribution < 1.29 is 8.42 Å². The summed E-state index contributed by atoms with van der Waals surface area (Å²) in [4.78, 5) is 2.64. The number of nitriles is 1. The summed E-state index contributed by atoms with van der Waals surface area (Å²) in [6.45, 7) is 3.10. The average molecular weight is 320 g/mol. The van der Waals surface area contributed by atoms with Crippen LogP contribution in [-0.4, -0.2) is 20.7 Å². The minimum absolute atomic E-state index is 0.0201. The van der Waals surface area contributed by atoms with Gasteiger partial charge in [0.05, 0.1) is 22.3 Å². The van der Waals surface area contributed by atoms with Crippen molar-refractivity contribution >= 4 is 21.2 Å². The molecule has 2 aromatic rings. The van der Waals surface area contributed by atoms with Gasteiger partial charge in [-0.15, -0.1) is 11.3 Å². The lowest BCUT2D eigenvalue weighted by Crippen LogP contribution is -2.22. The molecule has 0 aliphatic heterocycles. The fraction of sp³-hybridized carbons (Fsp3) is 0.267. The molecule has 4 nitrogen and oxygen atoms in total. The monoisotopic (exact) mass is 320 g/mol. The summed E-state index contributed by atoms with van der Waals surface area (Å²) in [5.74, 6) is 0.0201. The molecule has 1 heterocycles. The Labute approximate surface area is 129 Å². The summed E-state index contributed by atoms with van der Waals surface area (Å²) in [5.41, 5.74) is 0.359. The maximum absolute atomic E-state index is 12.2. The number of nitrogens with one attached hydrogen (secondary N) is 1. The number of sulfone groups is 1. The molecule has 0 spiro atoms. The lowest BCUT2D eigenvalue weighted by Gasteiger charge is -2.06. The van der Waals surface area contributed by atoms with E-state index in [0.717, 1.165) is 0 Å². The number of aryl methyl sites for hydroxylation is 1. The van der Waals surface area contributed by atoms with Crippen LogP contribution in [0.3, 0.4) is 0 Å². The molecule has 0 saturated carbocycles. The van der Waals surface area contributed by atoms with Gasteiger partial charge in [0.25, 0.3) is 0 Å². The van der Waals surface area contributed by atoms with Crippen LogP contribution in [0.1, 0.15) is 15.3 Å². The Kier molecular flexibility index (Phi) is 5.12. The van der Waals surface area contributed by atoms with Gasteiger partial charge in [-0.05, 0) is 37.3 Å². The Bertz CT molecular complexity index is 758. The predicted molar refractivity (Wildman–Crippen MR) is 84.0 cm³/mol. The molecule has 2 rings (SSSR count). The summed E-state index contributed by atoms with van der Waals surface area (Å²) in [5, 5.41) is 11.9. The van der Waals surface area contributed by atoms with Crippen molar-refractivity contribution in [3.63, 3.8) is 0 Å². The van der Waals surface area contributed by atoms with E-state index >= 15 is 0 Å². The highest BCUT2D eigenvalue weighted by atomic mass is 32.2. The first-order valence-corrected chi connectivity index (χ1v) is 8.97. The van der Waals surface area contributed by atoms with Crippen molar-refractivity contribution in [3.05, 3.63) is 51.7 Å². The standard InChI is InChI=1S/C15H16N2O2S2/c1-12-5-6-14(20-12)11-17-7-8-21(18,19)15-4-2-3-13(9-15)10-16/h2-6,9,17H,7-8,11H2,1H3. The first-order chi connectivity index (χ1) is 10.0. The molecular weight excluding hydrogens is 304 g/mol. The number of thiophene rings is 1. The molecule has 0 saturated heterocycles. The van der Waals surface area contributed by atoms with Gasteiger partial charge >= 0.3 is 0 Å². The summed E-state index contributed by atoms with van der Waals surface area (Å²) in [6.07, 6.45) is 0. The zero-order valence-electron chi connectivity index (χ0n) is 11.7. The van der Waals surface area contributed by atoms with Gasteiger partial charge in [0, 0.05) is 22.8 Å². The average Bonchev–Trinajstić information content (AvgIpc) is 2.89. The van der Waals surface area contributed by atoms with E-state index in [1.54, 1.807) is 23.5 Å². The van der Waals surface area contributed by atoms with E-state index < -0.39 is 9.84 Å². The molecule has 1 aromatic carbocycles. The van der Waals surface area contributed by atoms with Crippen LogP contribution in [0.2, 0.25) is 0 Å². The highest BCUT2D eigenvalue weighted by Gasteiger charge is 2.14. The zero-order valence-corrected chi connectivity index (χ0v) is 13.3. The highest BCUT2D eigenvalue weighted by Crippen LogP contribution is 2.15. The van der Waals surface area contributed by atoms with Crippen LogP contribution in [0.15, 0.2) is 41.3 Å². The molecule has 0 aliphatic rings. The first-order valence-electron chi connectivity index (χ1n) is 6.50. The van der Waals surface area contributed by atoms with E-state index in [2.05, 4.69) is 5.32 Å². The van der Waals surface area contributed by atoms with Crippen LogP contribution in [0, 0.1) is 18.3 Å². The van der Waals surface area contributed by atoms with Gasteiger partial charge < -0.3 is 5.32 Å². The van der Waals surface area contributed by atoms with Gasteiger partial charge in [0.1, 0.15) is 0 Å². The SMILES string of the molecule is Cc1ccc(CNCCS(=O)(=O)c2cccc(C#N)c2)s1. The fourth-order valence-electron chi connectivity index (χ4n) is 1.88. The number of nitrogens with zero attached hydrogens (tertiary/aromatic N) is 1. The number of hydrogen-bond acceptors (Lipinski definition) is 5. The molecule has 1 N–H and O–H groups in total. The molecule has 6 heteroatoms. The Morgan fingerprint density at radius 1 is 1.29 bits per heavy atom. The van der Waals surface area contributed by atoms with Crippen LogP contribution < -0.4 is 5.32 Å². The van der Waals surface area contributed by atoms with Crippen LogP contribution in [0.5, 0.6) is 0 Å². The van der Waals surface area contributed by atoms with Crippen LogP contribution in [-0.2, 0) is 16.4 Å². The maximum atomic E-state index is 12.2. The van der Waals surface area contributed by atoms with Gasteiger partial charge in [0.2, 0.25) is 0 Å². The molecule has 0 radical (unpaired) electrons. The second-order valence-electron chi connectivity index (χ2n) is 4.65. The molecule has 110 valence electrons. The van der Waals surface area contributed by atoms with E-state index in [1.165, 1.54) is 21.9 Å². The molecule has 0 fully saturated rings. The predicted octanol–water partition coefficient (Wildman–Crippen LogP) is 2.49. The van der Waals surface area contributed by atoms with E-state index in [0.29, 0.717) is 18.7 Å². The molecule has 1 aromatic heterocycles. The Morgan fingerprint density at radius 2 is 2.10 bits per heavy atom. The minimum Gasteiger partial charge on any atom is -0.311 e. The van der Waals surface area contributed by atoms with E-state index in [4.69, 9.17) is 5.26 Å². The van der Waals surface area contributed by atoms with Gasteiger partial charge in [-0.25, -0.2) is 8.42 Å². The maximum Gasteiger partial charge on any atom is 0.179 e. The van der Waals surface area contributed by atoms with Crippen LogP contribution in [0.4, 0.5) is 0 Å². The van der Waals surface area contributed by atoms with Gasteiger partial charge in [-0.1, -0.05) is 6.07 Å². The van der Waals surface area contributed by atoms with Crippen molar-refractivity contribution in [2.24, 2.45) is 0 Å². The normalized spacial score (nSPS) is 11.2. The third kappa shape index (κ3) is 4.39. The van der Waals surface area contributed by atoms with E-state index in [9.17, 15) is 8.42 Å². The van der Waals surface area contributed by atoms with Crippen LogP contribution >= 0.6 is 11.3 Å². The number of hydrogen-bond donors (Lipinski definition) is 1. The molecule has 0 amide bonds. The molecule has 21 heavy (non-hydrogen) atoms. The summed E-state index contributed by atoms with van der Waals surface area (Å²) in [6, 6.07) is 12.2. The van der Waals surface area contributed by atoms with Gasteiger partial charge in [-0.2, -0.15) is 5.26 Å². The van der Waals surface area contributed by atoms with Crippen molar-refractivity contribution in [1.29, 1.82) is 5.26 Å². The van der Waals surface area contributed by atoms with Crippen molar-refractivity contribution in [2.75, 3.05) is 12.3 Å². The van der Waals surface area contributed by atoms with Gasteiger partial charge in [-0.3, -0.25) is 0 Å². The molecule has 0 atom stereocenters. The first kappa shape index (κ1) is 15.7. The second kappa shape index (κ2) is 6.85. The summed E-state index contributed by atoms with van der Waals surface area (Å²) >= 11 is 1.70. The lowest BCUT2D eigenvalue weighted by atomic mass is 10.2. The number of rotatable bonds is 6. The second-order valence-corrected chi connectivity index (χ2v) is 8.13. The minimum atomic E-state index is -3.35.